The number of hydrogen-bond donors (Lipinski definition) is 1. The highest BCUT2D eigenvalue weighted by molar-refractivity contribution is 5.19. The molecule has 15 heavy (non-hydrogen) atoms. The number of nitrogens with zero attached hydrogens (tertiary/aromatic N) is 1. The van der Waals surface area contributed by atoms with Crippen molar-refractivity contribution in [2.75, 3.05) is 6.54 Å². The van der Waals surface area contributed by atoms with Crippen molar-refractivity contribution in [3.05, 3.63) is 29.6 Å². The summed E-state index contributed by atoms with van der Waals surface area (Å²) in [5.41, 5.74) is 1.66. The predicted molar refractivity (Wildman–Crippen MR) is 51.4 cm³/mol. The summed E-state index contributed by atoms with van der Waals surface area (Å²) < 4.78 is 35.6. The Morgan fingerprint density at radius 3 is 2.73 bits per heavy atom. The summed E-state index contributed by atoms with van der Waals surface area (Å²) in [6, 6.07) is 3.66. The van der Waals surface area contributed by atoms with Crippen LogP contribution >= 0.6 is 0 Å². The van der Waals surface area contributed by atoms with Crippen LogP contribution in [0.4, 0.5) is 13.2 Å². The number of rotatable bonds is 4. The number of nitrogens with one attached hydrogen (secondary N) is 1. The number of hydrogen-bond acceptors (Lipinski definition) is 2. The number of aromatic nitrogens is 1. The van der Waals surface area contributed by atoms with Crippen LogP contribution < -0.4 is 5.32 Å². The average Bonchev–Trinajstić information content (AvgIpc) is 2.16. The fraction of sp³-hybridized carbons (Fsp3) is 0.500. The van der Waals surface area contributed by atoms with Gasteiger partial charge in [-0.15, -0.1) is 0 Å². The Hall–Kier alpha value is -1.10. The van der Waals surface area contributed by atoms with Gasteiger partial charge in [-0.25, -0.2) is 0 Å². The molecule has 1 heterocycles. The second kappa shape index (κ2) is 5.11. The Labute approximate surface area is 86.5 Å². The zero-order valence-electron chi connectivity index (χ0n) is 8.43. The number of alkyl halides is 3. The Bertz CT molecular complexity index is 310. The first kappa shape index (κ1) is 12.0. The van der Waals surface area contributed by atoms with Gasteiger partial charge in [-0.2, -0.15) is 13.2 Å². The zero-order chi connectivity index (χ0) is 11.3. The van der Waals surface area contributed by atoms with Gasteiger partial charge in [0, 0.05) is 12.7 Å². The van der Waals surface area contributed by atoms with Crippen LogP contribution in [0.2, 0.25) is 0 Å². The van der Waals surface area contributed by atoms with E-state index in [1.54, 1.807) is 12.3 Å². The van der Waals surface area contributed by atoms with Crippen LogP contribution in [0.5, 0.6) is 0 Å². The molecule has 0 aromatic carbocycles. The molecular weight excluding hydrogens is 205 g/mol. The van der Waals surface area contributed by atoms with Crippen molar-refractivity contribution in [1.82, 2.24) is 10.3 Å². The standard InChI is InChI=1S/C10H13F3N2/c1-2-8-4-3-5-15-9(8)6-14-7-10(11,12)13/h3-5,14H,2,6-7H2,1H3. The summed E-state index contributed by atoms with van der Waals surface area (Å²) in [5, 5.41) is 2.33. The lowest BCUT2D eigenvalue weighted by atomic mass is 10.1. The van der Waals surface area contributed by atoms with Gasteiger partial charge in [0.2, 0.25) is 0 Å². The zero-order valence-corrected chi connectivity index (χ0v) is 8.43. The second-order valence-electron chi connectivity index (χ2n) is 3.18. The molecule has 0 spiro atoms. The third kappa shape index (κ3) is 4.29. The van der Waals surface area contributed by atoms with Gasteiger partial charge in [0.15, 0.2) is 0 Å². The summed E-state index contributed by atoms with van der Waals surface area (Å²) in [6.45, 7) is 1.13. The molecule has 0 radical (unpaired) electrons. The molecule has 1 aromatic rings. The van der Waals surface area contributed by atoms with E-state index in [4.69, 9.17) is 0 Å². The van der Waals surface area contributed by atoms with Crippen molar-refractivity contribution < 1.29 is 13.2 Å². The van der Waals surface area contributed by atoms with E-state index in [1.807, 2.05) is 13.0 Å². The maximum atomic E-state index is 11.9. The molecule has 1 rings (SSSR count). The van der Waals surface area contributed by atoms with Crippen molar-refractivity contribution in [2.45, 2.75) is 26.1 Å². The molecule has 1 aromatic heterocycles. The molecule has 0 aliphatic heterocycles. The normalized spacial score (nSPS) is 11.7. The molecule has 0 amide bonds. The van der Waals surface area contributed by atoms with E-state index in [0.29, 0.717) is 5.69 Å². The fourth-order valence-electron chi connectivity index (χ4n) is 1.28. The lowest BCUT2D eigenvalue weighted by Gasteiger charge is -2.09. The van der Waals surface area contributed by atoms with Crippen LogP contribution in [-0.2, 0) is 13.0 Å². The van der Waals surface area contributed by atoms with Crippen molar-refractivity contribution >= 4 is 0 Å². The van der Waals surface area contributed by atoms with Crippen molar-refractivity contribution in [2.24, 2.45) is 0 Å². The topological polar surface area (TPSA) is 24.9 Å². The van der Waals surface area contributed by atoms with E-state index < -0.39 is 12.7 Å². The third-order valence-corrected chi connectivity index (χ3v) is 1.98. The van der Waals surface area contributed by atoms with Crippen molar-refractivity contribution in [3.63, 3.8) is 0 Å². The average molecular weight is 218 g/mol. The molecule has 2 nitrogen and oxygen atoms in total. The highest BCUT2D eigenvalue weighted by atomic mass is 19.4. The predicted octanol–water partition coefficient (Wildman–Crippen LogP) is 2.30. The largest absolute Gasteiger partial charge is 0.401 e. The minimum atomic E-state index is -4.17. The van der Waals surface area contributed by atoms with Crippen LogP contribution in [0.15, 0.2) is 18.3 Å². The number of halogens is 3. The highest BCUT2D eigenvalue weighted by Crippen LogP contribution is 2.13. The minimum Gasteiger partial charge on any atom is -0.303 e. The summed E-state index contributed by atoms with van der Waals surface area (Å²) in [7, 11) is 0. The van der Waals surface area contributed by atoms with Gasteiger partial charge in [0.05, 0.1) is 12.2 Å². The molecule has 84 valence electrons. The Balaban J connectivity index is 2.50. The van der Waals surface area contributed by atoms with Gasteiger partial charge >= 0.3 is 6.18 Å². The molecule has 1 N–H and O–H groups in total. The molecule has 0 bridgehead atoms. The van der Waals surface area contributed by atoms with Crippen LogP contribution in [0.25, 0.3) is 0 Å². The molecule has 0 saturated carbocycles. The molecule has 5 heteroatoms. The molecule has 0 saturated heterocycles. The first-order valence-corrected chi connectivity index (χ1v) is 4.73. The maximum absolute atomic E-state index is 11.9. The quantitative estimate of drug-likeness (QED) is 0.838. The highest BCUT2D eigenvalue weighted by Gasteiger charge is 2.26. The monoisotopic (exact) mass is 218 g/mol. The lowest BCUT2D eigenvalue weighted by molar-refractivity contribution is -0.125. The fourth-order valence-corrected chi connectivity index (χ4v) is 1.28. The molecule has 0 aliphatic rings. The third-order valence-electron chi connectivity index (χ3n) is 1.98. The van der Waals surface area contributed by atoms with Crippen molar-refractivity contribution in [1.29, 1.82) is 0 Å². The van der Waals surface area contributed by atoms with Gasteiger partial charge in [-0.05, 0) is 18.1 Å². The van der Waals surface area contributed by atoms with Crippen LogP contribution in [0.3, 0.4) is 0 Å². The summed E-state index contributed by atoms with van der Waals surface area (Å²) >= 11 is 0. The van der Waals surface area contributed by atoms with Gasteiger partial charge in [-0.1, -0.05) is 13.0 Å². The molecule has 0 unspecified atom stereocenters. The number of pyridine rings is 1. The first-order chi connectivity index (χ1) is 7.03. The molecule has 0 aliphatic carbocycles. The van der Waals surface area contributed by atoms with Gasteiger partial charge < -0.3 is 5.32 Å². The lowest BCUT2D eigenvalue weighted by Crippen LogP contribution is -2.28. The molecule has 0 atom stereocenters. The van der Waals surface area contributed by atoms with E-state index in [9.17, 15) is 13.2 Å². The second-order valence-corrected chi connectivity index (χ2v) is 3.18. The van der Waals surface area contributed by atoms with Gasteiger partial charge in [0.25, 0.3) is 0 Å². The SMILES string of the molecule is CCc1cccnc1CNCC(F)(F)F. The van der Waals surface area contributed by atoms with Gasteiger partial charge in [-0.3, -0.25) is 4.98 Å². The first-order valence-electron chi connectivity index (χ1n) is 4.73. The van der Waals surface area contributed by atoms with E-state index in [2.05, 4.69) is 10.3 Å². The van der Waals surface area contributed by atoms with Crippen molar-refractivity contribution in [3.8, 4) is 0 Å². The molecule has 0 fully saturated rings. The smallest absolute Gasteiger partial charge is 0.303 e. The maximum Gasteiger partial charge on any atom is 0.401 e. The van der Waals surface area contributed by atoms with Crippen LogP contribution in [0.1, 0.15) is 18.2 Å². The van der Waals surface area contributed by atoms with E-state index in [0.717, 1.165) is 12.0 Å². The van der Waals surface area contributed by atoms with Crippen LogP contribution in [-0.4, -0.2) is 17.7 Å². The molecular formula is C10H13F3N2. The van der Waals surface area contributed by atoms with E-state index >= 15 is 0 Å². The van der Waals surface area contributed by atoms with E-state index in [-0.39, 0.29) is 6.54 Å². The summed E-state index contributed by atoms with van der Waals surface area (Å²) in [5.74, 6) is 0. The Kier molecular flexibility index (Phi) is 4.08. The summed E-state index contributed by atoms with van der Waals surface area (Å²) in [6.07, 6.45) is -1.80. The Morgan fingerprint density at radius 1 is 1.40 bits per heavy atom. The van der Waals surface area contributed by atoms with E-state index in [1.165, 1.54) is 0 Å². The number of aryl methyl sites for hydroxylation is 1. The van der Waals surface area contributed by atoms with Gasteiger partial charge in [0.1, 0.15) is 0 Å². The Morgan fingerprint density at radius 2 is 2.13 bits per heavy atom. The summed E-state index contributed by atoms with van der Waals surface area (Å²) in [4.78, 5) is 4.04. The minimum absolute atomic E-state index is 0.156. The van der Waals surface area contributed by atoms with Crippen LogP contribution in [0, 0.1) is 0 Å².